The molecule has 0 saturated heterocycles. The second-order valence-electron chi connectivity index (χ2n) is 4.12. The summed E-state index contributed by atoms with van der Waals surface area (Å²) in [5.74, 6) is -0.685. The molecular weight excluding hydrogens is 270 g/mol. The second-order valence-corrected chi connectivity index (χ2v) is 4.51. The molecule has 1 amide bonds. The first-order chi connectivity index (χ1) is 8.97. The number of fused-ring (bicyclic) bond motifs is 1. The van der Waals surface area contributed by atoms with E-state index in [0.717, 1.165) is 0 Å². The van der Waals surface area contributed by atoms with E-state index in [-0.39, 0.29) is 11.6 Å². The SMILES string of the molecule is NC(=O)CC(O)C(O)c1ccc2ncc(Cl)nc2c1. The number of nitrogens with two attached hydrogens (primary N) is 1. The molecule has 0 aliphatic rings. The summed E-state index contributed by atoms with van der Waals surface area (Å²) in [7, 11) is 0. The highest BCUT2D eigenvalue weighted by Crippen LogP contribution is 2.22. The Hall–Kier alpha value is -1.76. The van der Waals surface area contributed by atoms with Crippen LogP contribution in [0.3, 0.4) is 0 Å². The maximum atomic E-state index is 10.7. The number of hydrogen-bond acceptors (Lipinski definition) is 5. The molecule has 0 spiro atoms. The van der Waals surface area contributed by atoms with E-state index in [2.05, 4.69) is 9.97 Å². The maximum absolute atomic E-state index is 10.7. The minimum atomic E-state index is -1.26. The molecule has 0 fully saturated rings. The van der Waals surface area contributed by atoms with E-state index in [1.807, 2.05) is 0 Å². The number of amides is 1. The molecule has 4 N–H and O–H groups in total. The van der Waals surface area contributed by atoms with E-state index in [1.165, 1.54) is 6.20 Å². The largest absolute Gasteiger partial charge is 0.390 e. The van der Waals surface area contributed by atoms with E-state index in [9.17, 15) is 15.0 Å². The smallest absolute Gasteiger partial charge is 0.220 e. The first-order valence-electron chi connectivity index (χ1n) is 5.54. The highest BCUT2D eigenvalue weighted by atomic mass is 35.5. The van der Waals surface area contributed by atoms with Crippen LogP contribution < -0.4 is 5.73 Å². The Kier molecular flexibility index (Phi) is 3.94. The molecular formula is C12H12ClN3O3. The van der Waals surface area contributed by atoms with Gasteiger partial charge >= 0.3 is 0 Å². The van der Waals surface area contributed by atoms with Gasteiger partial charge in [-0.3, -0.25) is 9.78 Å². The predicted octanol–water partition coefficient (Wildman–Crippen LogP) is 0.553. The molecule has 7 heteroatoms. The fourth-order valence-electron chi connectivity index (χ4n) is 1.73. The lowest BCUT2D eigenvalue weighted by Crippen LogP contribution is -2.25. The number of hydrogen-bond donors (Lipinski definition) is 3. The molecule has 0 saturated carbocycles. The predicted molar refractivity (Wildman–Crippen MR) is 69.3 cm³/mol. The molecule has 2 unspecified atom stereocenters. The summed E-state index contributed by atoms with van der Waals surface area (Å²) in [6.45, 7) is 0. The summed E-state index contributed by atoms with van der Waals surface area (Å²) < 4.78 is 0. The van der Waals surface area contributed by atoms with Crippen LogP contribution in [0.25, 0.3) is 11.0 Å². The number of primary amides is 1. The number of benzene rings is 1. The van der Waals surface area contributed by atoms with Crippen LogP contribution >= 0.6 is 11.6 Å². The molecule has 2 aromatic rings. The first-order valence-corrected chi connectivity index (χ1v) is 5.92. The summed E-state index contributed by atoms with van der Waals surface area (Å²) in [5, 5.41) is 19.8. The topological polar surface area (TPSA) is 109 Å². The average Bonchev–Trinajstić information content (AvgIpc) is 2.36. The summed E-state index contributed by atoms with van der Waals surface area (Å²) in [6, 6.07) is 4.80. The van der Waals surface area contributed by atoms with Gasteiger partial charge in [-0.05, 0) is 17.7 Å². The molecule has 0 radical (unpaired) electrons. The van der Waals surface area contributed by atoms with Gasteiger partial charge in [-0.15, -0.1) is 0 Å². The van der Waals surface area contributed by atoms with Gasteiger partial charge in [0.2, 0.25) is 5.91 Å². The molecule has 19 heavy (non-hydrogen) atoms. The monoisotopic (exact) mass is 281 g/mol. The molecule has 0 aliphatic heterocycles. The molecule has 1 aromatic carbocycles. The zero-order chi connectivity index (χ0) is 14.0. The number of halogens is 1. The van der Waals surface area contributed by atoms with E-state index in [0.29, 0.717) is 16.6 Å². The number of aliphatic hydroxyl groups excluding tert-OH is 2. The molecule has 6 nitrogen and oxygen atoms in total. The number of aliphatic hydroxyl groups is 2. The second kappa shape index (κ2) is 5.48. The number of carbonyl (C=O) groups excluding carboxylic acids is 1. The third kappa shape index (κ3) is 3.17. The minimum absolute atomic E-state index is 0.233. The molecule has 0 aliphatic carbocycles. The van der Waals surface area contributed by atoms with Crippen LogP contribution in [-0.2, 0) is 4.79 Å². The Morgan fingerprint density at radius 3 is 2.79 bits per heavy atom. The Bertz CT molecular complexity index is 620. The van der Waals surface area contributed by atoms with Crippen molar-refractivity contribution < 1.29 is 15.0 Å². The van der Waals surface area contributed by atoms with Crippen LogP contribution in [0.1, 0.15) is 18.1 Å². The Labute approximate surface area is 113 Å². The Balaban J connectivity index is 2.31. The zero-order valence-electron chi connectivity index (χ0n) is 9.82. The van der Waals surface area contributed by atoms with Crippen LogP contribution in [0.4, 0.5) is 0 Å². The van der Waals surface area contributed by atoms with E-state index >= 15 is 0 Å². The van der Waals surface area contributed by atoms with Gasteiger partial charge in [-0.25, -0.2) is 4.98 Å². The van der Waals surface area contributed by atoms with E-state index in [4.69, 9.17) is 17.3 Å². The van der Waals surface area contributed by atoms with Gasteiger partial charge in [0.1, 0.15) is 11.3 Å². The van der Waals surface area contributed by atoms with Crippen LogP contribution in [0, 0.1) is 0 Å². The maximum Gasteiger partial charge on any atom is 0.220 e. The van der Waals surface area contributed by atoms with Gasteiger partial charge in [0.15, 0.2) is 0 Å². The van der Waals surface area contributed by atoms with Crippen LogP contribution in [0.5, 0.6) is 0 Å². The van der Waals surface area contributed by atoms with E-state index < -0.39 is 18.1 Å². The van der Waals surface area contributed by atoms with Gasteiger partial charge in [-0.1, -0.05) is 17.7 Å². The van der Waals surface area contributed by atoms with E-state index in [1.54, 1.807) is 18.2 Å². The van der Waals surface area contributed by atoms with Crippen LogP contribution in [0.15, 0.2) is 24.4 Å². The lowest BCUT2D eigenvalue weighted by molar-refractivity contribution is -0.121. The summed E-state index contributed by atoms with van der Waals surface area (Å²) in [6.07, 6.45) is -1.39. The quantitative estimate of drug-likeness (QED) is 0.758. The first kappa shape index (κ1) is 13.7. The van der Waals surface area contributed by atoms with Gasteiger partial charge in [0, 0.05) is 0 Å². The van der Waals surface area contributed by atoms with Gasteiger partial charge in [0.25, 0.3) is 0 Å². The van der Waals surface area contributed by atoms with Crippen molar-refractivity contribution in [2.45, 2.75) is 18.6 Å². The number of nitrogens with zero attached hydrogens (tertiary/aromatic N) is 2. The van der Waals surface area contributed by atoms with Gasteiger partial charge < -0.3 is 15.9 Å². The third-order valence-electron chi connectivity index (χ3n) is 2.65. The minimum Gasteiger partial charge on any atom is -0.390 e. The van der Waals surface area contributed by atoms with Gasteiger partial charge in [0.05, 0.1) is 29.8 Å². The fraction of sp³-hybridized carbons (Fsp3) is 0.250. The number of aromatic nitrogens is 2. The van der Waals surface area contributed by atoms with Crippen molar-refractivity contribution in [1.82, 2.24) is 9.97 Å². The summed E-state index contributed by atoms with van der Waals surface area (Å²) in [5.41, 5.74) is 6.50. The van der Waals surface area contributed by atoms with Crippen molar-refractivity contribution in [3.05, 3.63) is 35.1 Å². The molecule has 1 aromatic heterocycles. The molecule has 0 bridgehead atoms. The lowest BCUT2D eigenvalue weighted by Gasteiger charge is -2.17. The summed E-state index contributed by atoms with van der Waals surface area (Å²) >= 11 is 5.74. The number of carbonyl (C=O) groups is 1. The van der Waals surface area contributed by atoms with Gasteiger partial charge in [-0.2, -0.15) is 0 Å². The molecule has 100 valence electrons. The van der Waals surface area contributed by atoms with Crippen molar-refractivity contribution in [3.8, 4) is 0 Å². The Morgan fingerprint density at radius 1 is 1.37 bits per heavy atom. The number of rotatable bonds is 4. The Morgan fingerprint density at radius 2 is 2.11 bits per heavy atom. The standard InChI is InChI=1S/C12H12ClN3O3/c13-10-5-15-7-2-1-6(3-8(7)16-10)12(19)9(17)4-11(14)18/h1-3,5,9,12,17,19H,4H2,(H2,14,18). The lowest BCUT2D eigenvalue weighted by atomic mass is 10.0. The fourth-order valence-corrected chi connectivity index (χ4v) is 1.87. The van der Waals surface area contributed by atoms with Crippen LogP contribution in [0.2, 0.25) is 5.15 Å². The summed E-state index contributed by atoms with van der Waals surface area (Å²) in [4.78, 5) is 18.8. The normalized spacial score (nSPS) is 14.3. The van der Waals surface area contributed by atoms with Crippen molar-refractivity contribution in [2.24, 2.45) is 5.73 Å². The molecule has 2 atom stereocenters. The highest BCUT2D eigenvalue weighted by Gasteiger charge is 2.20. The van der Waals surface area contributed by atoms with Crippen molar-refractivity contribution >= 4 is 28.5 Å². The average molecular weight is 282 g/mol. The van der Waals surface area contributed by atoms with Crippen molar-refractivity contribution in [2.75, 3.05) is 0 Å². The van der Waals surface area contributed by atoms with Crippen molar-refractivity contribution in [3.63, 3.8) is 0 Å². The van der Waals surface area contributed by atoms with Crippen LogP contribution in [-0.4, -0.2) is 32.2 Å². The third-order valence-corrected chi connectivity index (χ3v) is 2.84. The molecule has 2 rings (SSSR count). The molecule has 1 heterocycles. The highest BCUT2D eigenvalue weighted by molar-refractivity contribution is 6.29. The zero-order valence-corrected chi connectivity index (χ0v) is 10.6. The van der Waals surface area contributed by atoms with Crippen molar-refractivity contribution in [1.29, 1.82) is 0 Å².